The molecule has 3 N–H and O–H groups in total. The zero-order chi connectivity index (χ0) is 19.5. The van der Waals surface area contributed by atoms with Crippen LogP contribution in [0.15, 0.2) is 36.0 Å². The zero-order valence-corrected chi connectivity index (χ0v) is 15.5. The summed E-state index contributed by atoms with van der Waals surface area (Å²) in [7, 11) is 0. The summed E-state index contributed by atoms with van der Waals surface area (Å²) in [4.78, 5) is 26.4. The topological polar surface area (TPSA) is 106 Å². The lowest BCUT2D eigenvalue weighted by molar-refractivity contribution is -0.117. The second kappa shape index (κ2) is 11.0. The summed E-state index contributed by atoms with van der Waals surface area (Å²) < 4.78 is 5.01. The summed E-state index contributed by atoms with van der Waals surface area (Å²) in [6.45, 7) is 6.99. The van der Waals surface area contributed by atoms with Crippen molar-refractivity contribution in [2.45, 2.75) is 6.92 Å². The molecule has 1 aromatic carbocycles. The fraction of sp³-hybridized carbons (Fsp3) is 0.421. The van der Waals surface area contributed by atoms with Gasteiger partial charge in [-0.25, -0.2) is 4.79 Å². The predicted octanol–water partition coefficient (Wildman–Crippen LogP) is 0.704. The molecule has 0 radical (unpaired) electrons. The van der Waals surface area contributed by atoms with Crippen molar-refractivity contribution in [3.63, 3.8) is 0 Å². The van der Waals surface area contributed by atoms with E-state index in [4.69, 9.17) is 4.74 Å². The van der Waals surface area contributed by atoms with Crippen LogP contribution in [0.1, 0.15) is 17.3 Å². The van der Waals surface area contributed by atoms with Gasteiger partial charge in [0, 0.05) is 45.5 Å². The molecular formula is C19H25N5O3. The minimum absolute atomic E-state index is 0.0611. The number of nitrogens with one attached hydrogen (secondary N) is 3. The average Bonchev–Trinajstić information content (AvgIpc) is 2.70. The van der Waals surface area contributed by atoms with E-state index in [9.17, 15) is 14.9 Å². The quantitative estimate of drug-likeness (QED) is 0.351. The van der Waals surface area contributed by atoms with E-state index in [1.54, 1.807) is 31.2 Å². The first-order valence-electron chi connectivity index (χ1n) is 9.00. The Labute approximate surface area is 159 Å². The standard InChI is InChI=1S/C19H25N5O3/c1-2-27-19(26)16-5-3-4-6-17(16)23-14-15(13-20)18(25)22-9-12-24-10-7-21-8-11-24/h3-6,14,21,23H,2,7-12H2,1H3,(H,22,25)/b15-14-. The van der Waals surface area contributed by atoms with Crippen LogP contribution in [-0.4, -0.2) is 62.7 Å². The van der Waals surface area contributed by atoms with Crippen molar-refractivity contribution in [2.75, 3.05) is 51.2 Å². The molecule has 0 aliphatic carbocycles. The van der Waals surface area contributed by atoms with Gasteiger partial charge in [-0.05, 0) is 19.1 Å². The minimum atomic E-state index is -0.465. The van der Waals surface area contributed by atoms with Gasteiger partial charge < -0.3 is 20.7 Å². The Bertz CT molecular complexity index is 720. The van der Waals surface area contributed by atoms with Gasteiger partial charge >= 0.3 is 5.97 Å². The van der Waals surface area contributed by atoms with Crippen molar-refractivity contribution < 1.29 is 14.3 Å². The van der Waals surface area contributed by atoms with Gasteiger partial charge in [-0.2, -0.15) is 5.26 Å². The van der Waals surface area contributed by atoms with Gasteiger partial charge in [0.05, 0.1) is 17.9 Å². The number of piperazine rings is 1. The largest absolute Gasteiger partial charge is 0.462 e. The molecule has 1 fully saturated rings. The molecule has 0 unspecified atom stereocenters. The van der Waals surface area contributed by atoms with Crippen LogP contribution in [0.3, 0.4) is 0 Å². The summed E-state index contributed by atoms with van der Waals surface area (Å²) in [6, 6.07) is 8.65. The number of carbonyl (C=O) groups is 2. The highest BCUT2D eigenvalue weighted by Gasteiger charge is 2.14. The number of carbonyl (C=O) groups excluding carboxylic acids is 2. The van der Waals surface area contributed by atoms with Crippen LogP contribution in [0, 0.1) is 11.3 Å². The maximum absolute atomic E-state index is 12.2. The third kappa shape index (κ3) is 6.40. The number of hydrogen-bond acceptors (Lipinski definition) is 7. The minimum Gasteiger partial charge on any atom is -0.462 e. The van der Waals surface area contributed by atoms with E-state index in [1.807, 2.05) is 6.07 Å². The van der Waals surface area contributed by atoms with Crippen molar-refractivity contribution in [3.8, 4) is 6.07 Å². The second-order valence-electron chi connectivity index (χ2n) is 5.93. The lowest BCUT2D eigenvalue weighted by Crippen LogP contribution is -2.46. The molecule has 1 aromatic rings. The summed E-state index contributed by atoms with van der Waals surface area (Å²) in [5, 5.41) is 18.1. The van der Waals surface area contributed by atoms with Gasteiger partial charge in [-0.1, -0.05) is 12.1 Å². The molecule has 0 bridgehead atoms. The van der Waals surface area contributed by atoms with Gasteiger partial charge in [0.25, 0.3) is 5.91 Å². The predicted molar refractivity (Wildman–Crippen MR) is 102 cm³/mol. The van der Waals surface area contributed by atoms with E-state index in [0.717, 1.165) is 32.7 Å². The Balaban J connectivity index is 1.92. The molecule has 0 aromatic heterocycles. The summed E-state index contributed by atoms with van der Waals surface area (Å²) >= 11 is 0. The molecule has 0 atom stereocenters. The number of benzene rings is 1. The lowest BCUT2D eigenvalue weighted by atomic mass is 10.2. The summed E-state index contributed by atoms with van der Waals surface area (Å²) in [6.07, 6.45) is 1.30. The molecule has 0 saturated carbocycles. The molecule has 1 amide bonds. The van der Waals surface area contributed by atoms with E-state index in [2.05, 4.69) is 20.9 Å². The first kappa shape index (κ1) is 20.4. The van der Waals surface area contributed by atoms with Crippen molar-refractivity contribution in [2.24, 2.45) is 0 Å². The van der Waals surface area contributed by atoms with Crippen LogP contribution >= 0.6 is 0 Å². The number of anilines is 1. The highest BCUT2D eigenvalue weighted by atomic mass is 16.5. The fourth-order valence-corrected chi connectivity index (χ4v) is 2.65. The van der Waals surface area contributed by atoms with E-state index >= 15 is 0 Å². The molecule has 0 spiro atoms. The third-order valence-corrected chi connectivity index (χ3v) is 4.08. The molecule has 27 heavy (non-hydrogen) atoms. The molecule has 1 aliphatic rings. The maximum Gasteiger partial charge on any atom is 0.340 e. The lowest BCUT2D eigenvalue weighted by Gasteiger charge is -2.27. The molecule has 1 aliphatic heterocycles. The molecule has 2 rings (SSSR count). The van der Waals surface area contributed by atoms with Crippen molar-refractivity contribution in [3.05, 3.63) is 41.6 Å². The van der Waals surface area contributed by atoms with E-state index in [1.165, 1.54) is 6.20 Å². The Morgan fingerprint density at radius 2 is 2.07 bits per heavy atom. The van der Waals surface area contributed by atoms with Crippen molar-refractivity contribution >= 4 is 17.6 Å². The van der Waals surface area contributed by atoms with Gasteiger partial charge in [-0.15, -0.1) is 0 Å². The van der Waals surface area contributed by atoms with Crippen LogP contribution in [0.25, 0.3) is 0 Å². The maximum atomic E-state index is 12.2. The van der Waals surface area contributed by atoms with Gasteiger partial charge in [0.1, 0.15) is 11.6 Å². The summed E-state index contributed by atoms with van der Waals surface area (Å²) in [5.74, 6) is -0.915. The van der Waals surface area contributed by atoms with Crippen LogP contribution in [0.5, 0.6) is 0 Å². The first-order chi connectivity index (χ1) is 13.2. The van der Waals surface area contributed by atoms with Gasteiger partial charge in [0.2, 0.25) is 0 Å². The molecular weight excluding hydrogens is 346 g/mol. The van der Waals surface area contributed by atoms with E-state index < -0.39 is 11.9 Å². The number of hydrogen-bond donors (Lipinski definition) is 3. The Morgan fingerprint density at radius 3 is 2.78 bits per heavy atom. The van der Waals surface area contributed by atoms with Gasteiger partial charge in [-0.3, -0.25) is 9.69 Å². The fourth-order valence-electron chi connectivity index (χ4n) is 2.65. The van der Waals surface area contributed by atoms with E-state index in [-0.39, 0.29) is 12.2 Å². The molecule has 1 heterocycles. The number of esters is 1. The van der Waals surface area contributed by atoms with Crippen molar-refractivity contribution in [1.82, 2.24) is 15.5 Å². The molecule has 1 saturated heterocycles. The van der Waals surface area contributed by atoms with Crippen LogP contribution in [0.4, 0.5) is 5.69 Å². The second-order valence-corrected chi connectivity index (χ2v) is 5.93. The molecule has 8 heteroatoms. The monoisotopic (exact) mass is 371 g/mol. The first-order valence-corrected chi connectivity index (χ1v) is 9.00. The van der Waals surface area contributed by atoms with E-state index in [0.29, 0.717) is 17.8 Å². The smallest absolute Gasteiger partial charge is 0.340 e. The third-order valence-electron chi connectivity index (χ3n) is 4.08. The molecule has 144 valence electrons. The molecule has 8 nitrogen and oxygen atoms in total. The van der Waals surface area contributed by atoms with Crippen molar-refractivity contribution in [1.29, 1.82) is 5.26 Å². The Kier molecular flexibility index (Phi) is 8.29. The number of ether oxygens (including phenoxy) is 1. The zero-order valence-electron chi connectivity index (χ0n) is 15.5. The number of para-hydroxylation sites is 1. The summed E-state index contributed by atoms with van der Waals surface area (Å²) in [5.41, 5.74) is 0.748. The Hall–Kier alpha value is -2.89. The number of amides is 1. The number of nitrogens with zero attached hydrogens (tertiary/aromatic N) is 2. The highest BCUT2D eigenvalue weighted by Crippen LogP contribution is 2.16. The SMILES string of the molecule is CCOC(=O)c1ccccc1N/C=C(/C#N)C(=O)NCCN1CCNCC1. The van der Waals surface area contributed by atoms with Crippen LogP contribution in [0.2, 0.25) is 0 Å². The highest BCUT2D eigenvalue weighted by molar-refractivity contribution is 5.98. The van der Waals surface area contributed by atoms with Crippen LogP contribution in [-0.2, 0) is 9.53 Å². The Morgan fingerprint density at radius 1 is 1.33 bits per heavy atom. The number of rotatable bonds is 8. The normalized spacial score (nSPS) is 14.9. The van der Waals surface area contributed by atoms with Crippen LogP contribution < -0.4 is 16.0 Å². The van der Waals surface area contributed by atoms with Gasteiger partial charge in [0.15, 0.2) is 0 Å². The average molecular weight is 371 g/mol. The number of nitriles is 1.